The number of alkyl halides is 3. The summed E-state index contributed by atoms with van der Waals surface area (Å²) in [6.07, 6.45) is -5.37. The second kappa shape index (κ2) is 9.63. The minimum Gasteiger partial charge on any atom is -0.423 e. The predicted octanol–water partition coefficient (Wildman–Crippen LogP) is 4.66. The molecule has 186 valence electrons. The van der Waals surface area contributed by atoms with Crippen LogP contribution in [0, 0.1) is 5.92 Å². The molecular formula is C25H18ClF3N2O5. The smallest absolute Gasteiger partial charge is 0.423 e. The molecule has 36 heavy (non-hydrogen) atoms. The number of aliphatic hydroxyl groups is 1. The molecule has 2 amide bonds. The van der Waals surface area contributed by atoms with Crippen molar-refractivity contribution in [2.75, 3.05) is 0 Å². The molecule has 7 nitrogen and oxygen atoms in total. The molecule has 0 aromatic heterocycles. The number of hydrogen-bond donors (Lipinski definition) is 3. The summed E-state index contributed by atoms with van der Waals surface area (Å²) in [5.41, 5.74) is -3.63. The molecule has 1 aliphatic rings. The highest BCUT2D eigenvalue weighted by Gasteiger charge is 2.66. The van der Waals surface area contributed by atoms with Crippen LogP contribution >= 0.6 is 11.6 Å². The van der Waals surface area contributed by atoms with Gasteiger partial charge >= 0.3 is 18.2 Å². The van der Waals surface area contributed by atoms with E-state index in [0.717, 1.165) is 0 Å². The number of esters is 1. The van der Waals surface area contributed by atoms with E-state index in [9.17, 15) is 32.7 Å². The van der Waals surface area contributed by atoms with Crippen molar-refractivity contribution in [3.63, 3.8) is 0 Å². The third-order valence-corrected chi connectivity index (χ3v) is 5.93. The Morgan fingerprint density at radius 2 is 1.53 bits per heavy atom. The molecule has 3 aromatic carbocycles. The Kier molecular flexibility index (Phi) is 6.75. The van der Waals surface area contributed by atoms with E-state index in [1.54, 1.807) is 6.07 Å². The third kappa shape index (κ3) is 4.91. The molecule has 1 fully saturated rings. The number of carbonyl (C=O) groups is 3. The molecule has 0 radical (unpaired) electrons. The van der Waals surface area contributed by atoms with Crippen LogP contribution in [0.3, 0.4) is 0 Å². The van der Waals surface area contributed by atoms with E-state index >= 15 is 0 Å². The molecule has 3 atom stereocenters. The van der Waals surface area contributed by atoms with Gasteiger partial charge in [0.25, 0.3) is 0 Å². The maximum absolute atomic E-state index is 14.0. The average molecular weight is 519 g/mol. The molecule has 11 heteroatoms. The van der Waals surface area contributed by atoms with E-state index < -0.39 is 41.6 Å². The standard InChI is InChI=1S/C25H18ClF3N2O5/c26-17-10-6-16(7-11-17)22(33)36-18-12-8-14(9-13-18)20-19(21(32)15-4-2-1-3-5-15)24(35,25(27,28)29)31-23(34)30-20/h1-13,19-20,35H,(H2,30,31,34)/t19-,20-,24+/m1/s1. The first-order valence-corrected chi connectivity index (χ1v) is 10.9. The number of amides is 2. The van der Waals surface area contributed by atoms with Gasteiger partial charge in [-0.2, -0.15) is 13.2 Å². The summed E-state index contributed by atoms with van der Waals surface area (Å²) >= 11 is 5.80. The Bertz CT molecular complexity index is 1280. The topological polar surface area (TPSA) is 105 Å². The zero-order valence-electron chi connectivity index (χ0n) is 18.3. The van der Waals surface area contributed by atoms with Crippen molar-refractivity contribution in [2.24, 2.45) is 5.92 Å². The molecule has 0 unspecified atom stereocenters. The van der Waals surface area contributed by atoms with Crippen LogP contribution in [-0.4, -0.2) is 34.8 Å². The summed E-state index contributed by atoms with van der Waals surface area (Å²) in [6.45, 7) is 0. The van der Waals surface area contributed by atoms with Gasteiger partial charge in [0, 0.05) is 10.6 Å². The summed E-state index contributed by atoms with van der Waals surface area (Å²) < 4.78 is 47.3. The van der Waals surface area contributed by atoms with Crippen molar-refractivity contribution in [3.8, 4) is 5.75 Å². The zero-order valence-corrected chi connectivity index (χ0v) is 19.0. The fourth-order valence-electron chi connectivity index (χ4n) is 3.89. The quantitative estimate of drug-likeness (QED) is 0.259. The molecular weight excluding hydrogens is 501 g/mol. The first-order valence-electron chi connectivity index (χ1n) is 10.5. The second-order valence-corrected chi connectivity index (χ2v) is 8.45. The van der Waals surface area contributed by atoms with Crippen molar-refractivity contribution in [3.05, 3.63) is 101 Å². The van der Waals surface area contributed by atoms with E-state index in [4.69, 9.17) is 16.3 Å². The fraction of sp³-hybridized carbons (Fsp3) is 0.160. The van der Waals surface area contributed by atoms with Crippen LogP contribution in [0.5, 0.6) is 5.75 Å². The number of hydrogen-bond acceptors (Lipinski definition) is 5. The molecule has 1 aliphatic heterocycles. The number of ether oxygens (including phenoxy) is 1. The number of urea groups is 1. The van der Waals surface area contributed by atoms with E-state index in [1.165, 1.54) is 78.1 Å². The van der Waals surface area contributed by atoms with Crippen molar-refractivity contribution >= 4 is 29.4 Å². The van der Waals surface area contributed by atoms with Crippen LogP contribution in [0.2, 0.25) is 5.02 Å². The van der Waals surface area contributed by atoms with E-state index in [0.29, 0.717) is 5.02 Å². The van der Waals surface area contributed by atoms with Gasteiger partial charge in [-0.1, -0.05) is 54.1 Å². The average Bonchev–Trinajstić information content (AvgIpc) is 2.84. The maximum atomic E-state index is 14.0. The largest absolute Gasteiger partial charge is 0.437 e. The molecule has 0 spiro atoms. The van der Waals surface area contributed by atoms with Crippen LogP contribution in [-0.2, 0) is 0 Å². The predicted molar refractivity (Wildman–Crippen MR) is 123 cm³/mol. The van der Waals surface area contributed by atoms with Gasteiger partial charge in [-0.3, -0.25) is 4.79 Å². The van der Waals surface area contributed by atoms with E-state index in [-0.39, 0.29) is 22.4 Å². The second-order valence-electron chi connectivity index (χ2n) is 8.01. The molecule has 4 rings (SSSR count). The van der Waals surface area contributed by atoms with Crippen molar-refractivity contribution < 1.29 is 37.4 Å². The number of halogens is 4. The van der Waals surface area contributed by atoms with Crippen LogP contribution < -0.4 is 15.4 Å². The highest BCUT2D eigenvalue weighted by molar-refractivity contribution is 6.30. The fourth-order valence-corrected chi connectivity index (χ4v) is 4.02. The first-order chi connectivity index (χ1) is 17.0. The first kappa shape index (κ1) is 25.2. The van der Waals surface area contributed by atoms with Gasteiger partial charge in [-0.05, 0) is 42.0 Å². The SMILES string of the molecule is O=C1N[C@H](c2ccc(OC(=O)c3ccc(Cl)cc3)cc2)[C@H](C(=O)c2ccccc2)[C@](O)(C(F)(F)F)N1. The van der Waals surface area contributed by atoms with Crippen LogP contribution in [0.1, 0.15) is 32.3 Å². The van der Waals surface area contributed by atoms with Gasteiger partial charge in [-0.25, -0.2) is 9.59 Å². The Morgan fingerprint density at radius 1 is 0.917 bits per heavy atom. The number of benzene rings is 3. The summed E-state index contributed by atoms with van der Waals surface area (Å²) in [5, 5.41) is 14.8. The number of Topliss-reactive ketones (excluding diaryl/α,β-unsaturated/α-hetero) is 1. The van der Waals surface area contributed by atoms with Crippen molar-refractivity contribution in [1.82, 2.24) is 10.6 Å². The van der Waals surface area contributed by atoms with Gasteiger partial charge in [0.15, 0.2) is 5.78 Å². The lowest BCUT2D eigenvalue weighted by atomic mass is 9.77. The molecule has 0 saturated carbocycles. The Morgan fingerprint density at radius 3 is 2.11 bits per heavy atom. The summed E-state index contributed by atoms with van der Waals surface area (Å²) in [7, 11) is 0. The van der Waals surface area contributed by atoms with E-state index in [2.05, 4.69) is 5.32 Å². The van der Waals surface area contributed by atoms with Crippen LogP contribution in [0.4, 0.5) is 18.0 Å². The lowest BCUT2D eigenvalue weighted by molar-refractivity contribution is -0.287. The van der Waals surface area contributed by atoms with Gasteiger partial charge in [-0.15, -0.1) is 0 Å². The molecule has 3 aromatic rings. The minimum atomic E-state index is -5.37. The van der Waals surface area contributed by atoms with Gasteiger partial charge < -0.3 is 20.5 Å². The van der Waals surface area contributed by atoms with E-state index in [1.807, 2.05) is 0 Å². The van der Waals surface area contributed by atoms with Gasteiger partial charge in [0.1, 0.15) is 11.7 Å². The van der Waals surface area contributed by atoms with Crippen LogP contribution in [0.15, 0.2) is 78.9 Å². The summed E-state index contributed by atoms with van der Waals surface area (Å²) in [6, 6.07) is 15.4. The lowest BCUT2D eigenvalue weighted by Crippen LogP contribution is -2.72. The zero-order chi connectivity index (χ0) is 26.1. The monoisotopic (exact) mass is 518 g/mol. The minimum absolute atomic E-state index is 0.0657. The number of rotatable bonds is 5. The molecule has 3 N–H and O–H groups in total. The van der Waals surface area contributed by atoms with Crippen LogP contribution in [0.25, 0.3) is 0 Å². The van der Waals surface area contributed by atoms with Crippen molar-refractivity contribution in [1.29, 1.82) is 0 Å². The van der Waals surface area contributed by atoms with Gasteiger partial charge in [0.2, 0.25) is 5.72 Å². The lowest BCUT2D eigenvalue weighted by Gasteiger charge is -2.45. The normalized spacial score (nSPS) is 21.8. The Balaban J connectivity index is 1.66. The number of ketones is 1. The summed E-state index contributed by atoms with van der Waals surface area (Å²) in [5.74, 6) is -3.83. The Labute approximate surface area is 207 Å². The number of nitrogens with one attached hydrogen (secondary N) is 2. The molecule has 0 aliphatic carbocycles. The summed E-state index contributed by atoms with van der Waals surface area (Å²) in [4.78, 5) is 37.7. The highest BCUT2D eigenvalue weighted by atomic mass is 35.5. The molecule has 0 bridgehead atoms. The third-order valence-electron chi connectivity index (χ3n) is 5.68. The highest BCUT2D eigenvalue weighted by Crippen LogP contribution is 2.44. The maximum Gasteiger partial charge on any atom is 0.437 e. The Hall–Kier alpha value is -3.89. The van der Waals surface area contributed by atoms with Crippen molar-refractivity contribution in [2.45, 2.75) is 17.9 Å². The molecule has 1 heterocycles. The molecule has 1 saturated heterocycles. The van der Waals surface area contributed by atoms with Gasteiger partial charge in [0.05, 0.1) is 11.6 Å². The number of carbonyl (C=O) groups excluding carboxylic acids is 3.